The van der Waals surface area contributed by atoms with E-state index in [1.165, 1.54) is 29.7 Å². The van der Waals surface area contributed by atoms with Crippen LogP contribution in [-0.2, 0) is 11.3 Å². The largest absolute Gasteiger partial charge is 0.379 e. The van der Waals surface area contributed by atoms with Crippen molar-refractivity contribution in [1.29, 1.82) is 0 Å². The molecule has 0 radical (unpaired) electrons. The third-order valence-electron chi connectivity index (χ3n) is 5.97. The number of anilines is 2. The van der Waals surface area contributed by atoms with Crippen LogP contribution in [0.4, 0.5) is 21.5 Å². The first-order chi connectivity index (χ1) is 16.4. The number of nitro benzene ring substituents is 1. The number of hydrogen-bond donors (Lipinski definition) is 2. The first-order valence-corrected chi connectivity index (χ1v) is 11.7. The molecular formula is C22H24FN7O3S. The van der Waals surface area contributed by atoms with E-state index in [2.05, 4.69) is 22.0 Å². The average molecular weight is 486 g/mol. The van der Waals surface area contributed by atoms with E-state index >= 15 is 0 Å². The van der Waals surface area contributed by atoms with E-state index < -0.39 is 28.1 Å². The lowest BCUT2D eigenvalue weighted by atomic mass is 10.1. The summed E-state index contributed by atoms with van der Waals surface area (Å²) >= 11 is 1.38. The number of aliphatic imine (C=N–C) groups is 1. The van der Waals surface area contributed by atoms with Crippen LogP contribution in [0.5, 0.6) is 0 Å². The Morgan fingerprint density at radius 2 is 1.85 bits per heavy atom. The van der Waals surface area contributed by atoms with Crippen molar-refractivity contribution in [3.05, 3.63) is 74.7 Å². The maximum Gasteiger partial charge on any atom is 0.306 e. The summed E-state index contributed by atoms with van der Waals surface area (Å²) in [4.78, 5) is 21.5. The van der Waals surface area contributed by atoms with Crippen molar-refractivity contribution >= 4 is 35.2 Å². The van der Waals surface area contributed by atoms with Crippen LogP contribution in [0.1, 0.15) is 5.56 Å². The average Bonchev–Trinajstić information content (AvgIpc) is 3.18. The molecule has 0 bridgehead atoms. The number of thioether (sulfide) groups is 1. The van der Waals surface area contributed by atoms with Gasteiger partial charge in [-0.15, -0.1) is 0 Å². The zero-order valence-electron chi connectivity index (χ0n) is 18.2. The van der Waals surface area contributed by atoms with Crippen LogP contribution < -0.4 is 21.3 Å². The highest BCUT2D eigenvalue weighted by molar-refractivity contribution is 8.04. The normalized spacial score (nSPS) is 22.9. The van der Waals surface area contributed by atoms with Crippen LogP contribution in [-0.4, -0.2) is 54.1 Å². The fourth-order valence-corrected chi connectivity index (χ4v) is 5.29. The molecule has 34 heavy (non-hydrogen) atoms. The van der Waals surface area contributed by atoms with Crippen molar-refractivity contribution in [2.75, 3.05) is 36.1 Å². The predicted molar refractivity (Wildman–Crippen MR) is 130 cm³/mol. The number of rotatable bonds is 5. The van der Waals surface area contributed by atoms with Gasteiger partial charge in [-0.1, -0.05) is 23.9 Å². The number of morpholine rings is 1. The van der Waals surface area contributed by atoms with E-state index in [-0.39, 0.29) is 0 Å². The molecule has 0 aromatic heterocycles. The molecule has 0 amide bonds. The molecule has 2 aromatic rings. The highest BCUT2D eigenvalue weighted by atomic mass is 32.2. The fraction of sp³-hybridized carbons (Fsp3) is 0.318. The molecule has 0 saturated carbocycles. The Morgan fingerprint density at radius 1 is 1.15 bits per heavy atom. The molecule has 12 heteroatoms. The lowest BCUT2D eigenvalue weighted by molar-refractivity contribution is -0.387. The van der Waals surface area contributed by atoms with Crippen LogP contribution in [0.15, 0.2) is 58.2 Å². The Labute approximate surface area is 199 Å². The molecule has 1 fully saturated rings. The highest BCUT2D eigenvalue weighted by Gasteiger charge is 2.38. The molecule has 3 aliphatic heterocycles. The Hall–Kier alpha value is -3.03. The van der Waals surface area contributed by atoms with Gasteiger partial charge < -0.3 is 21.1 Å². The van der Waals surface area contributed by atoms with Crippen molar-refractivity contribution in [3.8, 4) is 0 Å². The van der Waals surface area contributed by atoms with E-state index in [0.717, 1.165) is 55.6 Å². The molecule has 2 aromatic carbocycles. The number of hydrogen-bond acceptors (Lipinski definition) is 10. The van der Waals surface area contributed by atoms with Gasteiger partial charge in [-0.3, -0.25) is 19.9 Å². The van der Waals surface area contributed by atoms with Crippen molar-refractivity contribution in [2.45, 2.75) is 18.2 Å². The summed E-state index contributed by atoms with van der Waals surface area (Å²) < 4.78 is 19.2. The van der Waals surface area contributed by atoms with Crippen LogP contribution in [0.3, 0.4) is 0 Å². The predicted octanol–water partition coefficient (Wildman–Crippen LogP) is 2.36. The standard InChI is InChI=1S/C22H24FN7O3S/c23-17-6-5-16(11-18(17)30(31)32)28-13-26-21-19(20(28)24)34-22(25)29(21)15-3-1-14(2-4-15)12-27-7-9-33-10-8-27/h1-6,11,13,20,22H,7-10,12,24-25H2. The fourth-order valence-electron chi connectivity index (χ4n) is 4.20. The van der Waals surface area contributed by atoms with Gasteiger partial charge in [-0.25, -0.2) is 4.99 Å². The first-order valence-electron chi connectivity index (χ1n) is 10.8. The quantitative estimate of drug-likeness (QED) is 0.485. The summed E-state index contributed by atoms with van der Waals surface area (Å²) in [5.41, 5.74) is 14.3. The van der Waals surface area contributed by atoms with Crippen LogP contribution >= 0.6 is 11.8 Å². The monoisotopic (exact) mass is 485 g/mol. The molecule has 4 N–H and O–H groups in total. The number of nitrogens with two attached hydrogens (primary N) is 2. The molecule has 0 aliphatic carbocycles. The van der Waals surface area contributed by atoms with Gasteiger partial charge in [-0.2, -0.15) is 4.39 Å². The molecular weight excluding hydrogens is 461 g/mol. The zero-order chi connectivity index (χ0) is 23.8. The molecule has 2 unspecified atom stereocenters. The van der Waals surface area contributed by atoms with Crippen molar-refractivity contribution in [1.82, 2.24) is 4.90 Å². The Kier molecular flexibility index (Phi) is 6.23. The summed E-state index contributed by atoms with van der Waals surface area (Å²) in [6.07, 6.45) is 0.831. The summed E-state index contributed by atoms with van der Waals surface area (Å²) in [6.45, 7) is 4.23. The van der Waals surface area contributed by atoms with Gasteiger partial charge in [0.15, 0.2) is 0 Å². The lowest BCUT2D eigenvalue weighted by Crippen LogP contribution is -2.44. The molecule has 3 aliphatic rings. The summed E-state index contributed by atoms with van der Waals surface area (Å²) in [5, 5.41) is 11.1. The van der Waals surface area contributed by atoms with Crippen molar-refractivity contribution in [2.24, 2.45) is 16.5 Å². The topological polar surface area (TPSA) is 126 Å². The second kappa shape index (κ2) is 9.31. The number of halogens is 1. The first kappa shape index (κ1) is 22.7. The van der Waals surface area contributed by atoms with E-state index in [1.54, 1.807) is 4.90 Å². The van der Waals surface area contributed by atoms with Gasteiger partial charge in [0.25, 0.3) is 0 Å². The molecule has 2 atom stereocenters. The summed E-state index contributed by atoms with van der Waals surface area (Å²) in [5.74, 6) is -0.268. The SMILES string of the molecule is NC1C2=C(N=CN1c1ccc(F)c([N+](=O)[O-])c1)N(c1ccc(CN3CCOCC3)cc1)C(N)S2. The van der Waals surface area contributed by atoms with E-state index in [1.807, 2.05) is 17.0 Å². The van der Waals surface area contributed by atoms with E-state index in [9.17, 15) is 14.5 Å². The Morgan fingerprint density at radius 3 is 2.56 bits per heavy atom. The Balaban J connectivity index is 1.36. The number of benzene rings is 2. The van der Waals surface area contributed by atoms with Gasteiger partial charge in [0, 0.05) is 31.4 Å². The van der Waals surface area contributed by atoms with Gasteiger partial charge >= 0.3 is 5.69 Å². The second-order valence-electron chi connectivity index (χ2n) is 8.11. The number of ether oxygens (including phenoxy) is 1. The number of nitrogens with zero attached hydrogens (tertiary/aromatic N) is 5. The van der Waals surface area contributed by atoms with E-state index in [4.69, 9.17) is 16.2 Å². The van der Waals surface area contributed by atoms with Gasteiger partial charge in [0.2, 0.25) is 5.82 Å². The molecule has 1 saturated heterocycles. The van der Waals surface area contributed by atoms with Gasteiger partial charge in [0.05, 0.1) is 35.1 Å². The van der Waals surface area contributed by atoms with Crippen LogP contribution in [0, 0.1) is 15.9 Å². The van der Waals surface area contributed by atoms with Gasteiger partial charge in [0.1, 0.15) is 17.5 Å². The Bertz CT molecular complexity index is 1150. The molecule has 3 heterocycles. The van der Waals surface area contributed by atoms with Crippen molar-refractivity contribution in [3.63, 3.8) is 0 Å². The summed E-state index contributed by atoms with van der Waals surface area (Å²) in [6, 6.07) is 11.8. The second-order valence-corrected chi connectivity index (χ2v) is 9.27. The summed E-state index contributed by atoms with van der Waals surface area (Å²) in [7, 11) is 0. The third-order valence-corrected chi connectivity index (χ3v) is 7.10. The highest BCUT2D eigenvalue weighted by Crippen LogP contribution is 2.43. The smallest absolute Gasteiger partial charge is 0.306 e. The van der Waals surface area contributed by atoms with Crippen molar-refractivity contribution < 1.29 is 14.1 Å². The molecule has 178 valence electrons. The molecule has 10 nitrogen and oxygen atoms in total. The minimum Gasteiger partial charge on any atom is -0.379 e. The minimum atomic E-state index is -0.906. The van der Waals surface area contributed by atoms with Gasteiger partial charge in [-0.05, 0) is 29.8 Å². The molecule has 0 spiro atoms. The zero-order valence-corrected chi connectivity index (χ0v) is 19.0. The van der Waals surface area contributed by atoms with Crippen LogP contribution in [0.25, 0.3) is 0 Å². The number of nitro groups is 1. The lowest BCUT2D eigenvalue weighted by Gasteiger charge is -2.31. The minimum absolute atomic E-state index is 0.371. The third kappa shape index (κ3) is 4.26. The van der Waals surface area contributed by atoms with E-state index in [0.29, 0.717) is 11.5 Å². The maximum atomic E-state index is 13.8. The van der Waals surface area contributed by atoms with Crippen LogP contribution in [0.2, 0.25) is 0 Å². The molecule has 5 rings (SSSR count). The maximum absolute atomic E-state index is 13.8.